The standard InChI is InChI=1S/C13H17BrClN5/c1-8(2)7-16-9(3)13-17-18-19-20(13)12-5-4-10(14)6-11(12)15/h4-6,8-9,16H,7H2,1-3H3. The van der Waals surface area contributed by atoms with Crippen molar-refractivity contribution in [1.29, 1.82) is 0 Å². The summed E-state index contributed by atoms with van der Waals surface area (Å²) in [6, 6.07) is 5.68. The summed E-state index contributed by atoms with van der Waals surface area (Å²) in [4.78, 5) is 0. The molecule has 0 aliphatic rings. The molecule has 20 heavy (non-hydrogen) atoms. The summed E-state index contributed by atoms with van der Waals surface area (Å²) in [7, 11) is 0. The zero-order valence-corrected chi connectivity index (χ0v) is 14.0. The van der Waals surface area contributed by atoms with Crippen LogP contribution in [0, 0.1) is 5.92 Å². The highest BCUT2D eigenvalue weighted by Crippen LogP contribution is 2.25. The summed E-state index contributed by atoms with van der Waals surface area (Å²) < 4.78 is 2.60. The Morgan fingerprint density at radius 1 is 1.35 bits per heavy atom. The summed E-state index contributed by atoms with van der Waals surface area (Å²) in [5, 5.41) is 15.9. The van der Waals surface area contributed by atoms with Gasteiger partial charge in [0, 0.05) is 4.47 Å². The first-order chi connectivity index (χ1) is 9.49. The number of nitrogens with one attached hydrogen (secondary N) is 1. The summed E-state index contributed by atoms with van der Waals surface area (Å²) in [5.74, 6) is 1.31. The lowest BCUT2D eigenvalue weighted by Gasteiger charge is -2.15. The monoisotopic (exact) mass is 357 g/mol. The summed E-state index contributed by atoms with van der Waals surface area (Å²) >= 11 is 9.65. The Hall–Kier alpha value is -0.980. The van der Waals surface area contributed by atoms with Gasteiger partial charge in [0.1, 0.15) is 0 Å². The van der Waals surface area contributed by atoms with Crippen molar-refractivity contribution in [2.75, 3.05) is 6.54 Å². The third-order valence-corrected chi connectivity index (χ3v) is 3.65. The largest absolute Gasteiger partial charge is 0.307 e. The normalized spacial score (nSPS) is 12.9. The van der Waals surface area contributed by atoms with Crippen LogP contribution in [0.3, 0.4) is 0 Å². The molecule has 0 bridgehead atoms. The second-order valence-electron chi connectivity index (χ2n) is 5.07. The number of rotatable bonds is 5. The fourth-order valence-corrected chi connectivity index (χ4v) is 2.55. The van der Waals surface area contributed by atoms with E-state index in [4.69, 9.17) is 11.6 Å². The predicted octanol–water partition coefficient (Wildman–Crippen LogP) is 3.38. The quantitative estimate of drug-likeness (QED) is 0.890. The minimum Gasteiger partial charge on any atom is -0.307 e. The topological polar surface area (TPSA) is 55.6 Å². The van der Waals surface area contributed by atoms with Crippen molar-refractivity contribution in [3.8, 4) is 5.69 Å². The second kappa shape index (κ2) is 6.65. The van der Waals surface area contributed by atoms with E-state index >= 15 is 0 Å². The van der Waals surface area contributed by atoms with E-state index in [0.29, 0.717) is 10.9 Å². The van der Waals surface area contributed by atoms with Crippen LogP contribution in [0.1, 0.15) is 32.6 Å². The molecule has 0 radical (unpaired) electrons. The van der Waals surface area contributed by atoms with Gasteiger partial charge < -0.3 is 5.32 Å². The van der Waals surface area contributed by atoms with Crippen LogP contribution < -0.4 is 5.32 Å². The average molecular weight is 359 g/mol. The number of halogens is 2. The van der Waals surface area contributed by atoms with Crippen molar-refractivity contribution >= 4 is 27.5 Å². The van der Waals surface area contributed by atoms with E-state index in [-0.39, 0.29) is 6.04 Å². The Morgan fingerprint density at radius 2 is 2.10 bits per heavy atom. The molecule has 0 fully saturated rings. The number of tetrazole rings is 1. The van der Waals surface area contributed by atoms with Crippen LogP contribution >= 0.6 is 27.5 Å². The maximum absolute atomic E-state index is 6.26. The number of nitrogens with zero attached hydrogens (tertiary/aromatic N) is 4. The average Bonchev–Trinajstić information content (AvgIpc) is 2.85. The highest BCUT2D eigenvalue weighted by atomic mass is 79.9. The number of benzene rings is 1. The summed E-state index contributed by atoms with van der Waals surface area (Å²) in [6.07, 6.45) is 0. The lowest BCUT2D eigenvalue weighted by Crippen LogP contribution is -2.25. The maximum atomic E-state index is 6.26. The van der Waals surface area contributed by atoms with Crippen LogP contribution in [-0.4, -0.2) is 26.8 Å². The van der Waals surface area contributed by atoms with E-state index in [1.165, 1.54) is 0 Å². The third kappa shape index (κ3) is 3.56. The van der Waals surface area contributed by atoms with Gasteiger partial charge in [-0.3, -0.25) is 0 Å². The molecule has 2 rings (SSSR count). The molecule has 0 saturated carbocycles. The molecule has 2 aromatic rings. The lowest BCUT2D eigenvalue weighted by atomic mass is 10.2. The fraction of sp³-hybridized carbons (Fsp3) is 0.462. The zero-order valence-electron chi connectivity index (χ0n) is 11.6. The van der Waals surface area contributed by atoms with Crippen molar-refractivity contribution in [3.63, 3.8) is 0 Å². The molecule has 0 spiro atoms. The van der Waals surface area contributed by atoms with Gasteiger partial charge in [0.15, 0.2) is 5.82 Å². The summed E-state index contributed by atoms with van der Waals surface area (Å²) in [5.41, 5.74) is 0.771. The highest BCUT2D eigenvalue weighted by molar-refractivity contribution is 9.10. The minimum absolute atomic E-state index is 0.0483. The molecule has 0 aliphatic carbocycles. The van der Waals surface area contributed by atoms with Gasteiger partial charge in [-0.15, -0.1) is 5.10 Å². The Bertz CT molecular complexity index is 584. The first-order valence-electron chi connectivity index (χ1n) is 6.46. The van der Waals surface area contributed by atoms with Gasteiger partial charge in [-0.05, 0) is 48.0 Å². The van der Waals surface area contributed by atoms with Gasteiger partial charge in [0.25, 0.3) is 0 Å². The van der Waals surface area contributed by atoms with E-state index in [1.807, 2.05) is 25.1 Å². The highest BCUT2D eigenvalue weighted by Gasteiger charge is 2.17. The molecule has 108 valence electrons. The lowest BCUT2D eigenvalue weighted by molar-refractivity contribution is 0.475. The van der Waals surface area contributed by atoms with E-state index in [9.17, 15) is 0 Å². The Morgan fingerprint density at radius 3 is 2.75 bits per heavy atom. The molecule has 0 aliphatic heterocycles. The van der Waals surface area contributed by atoms with Gasteiger partial charge in [0.2, 0.25) is 0 Å². The Labute approximate surface area is 131 Å². The smallest absolute Gasteiger partial charge is 0.173 e. The van der Waals surface area contributed by atoms with Crippen LogP contribution in [-0.2, 0) is 0 Å². The molecule has 7 heteroatoms. The van der Waals surface area contributed by atoms with Gasteiger partial charge in [-0.2, -0.15) is 4.68 Å². The van der Waals surface area contributed by atoms with Gasteiger partial charge in [0.05, 0.1) is 16.8 Å². The van der Waals surface area contributed by atoms with Crippen LogP contribution in [0.25, 0.3) is 5.69 Å². The van der Waals surface area contributed by atoms with Crippen LogP contribution in [0.2, 0.25) is 5.02 Å². The van der Waals surface area contributed by atoms with Crippen LogP contribution in [0.5, 0.6) is 0 Å². The molecule has 1 aromatic heterocycles. The minimum atomic E-state index is 0.0483. The Balaban J connectivity index is 2.28. The second-order valence-corrected chi connectivity index (χ2v) is 6.39. The zero-order chi connectivity index (χ0) is 14.7. The third-order valence-electron chi connectivity index (χ3n) is 2.85. The number of hydrogen-bond acceptors (Lipinski definition) is 4. The van der Waals surface area contributed by atoms with Crippen LogP contribution in [0.15, 0.2) is 22.7 Å². The molecule has 1 atom stereocenters. The molecule has 5 nitrogen and oxygen atoms in total. The van der Waals surface area contributed by atoms with Gasteiger partial charge in [-0.25, -0.2) is 0 Å². The molecule has 1 heterocycles. The molecule has 0 saturated heterocycles. The molecule has 1 aromatic carbocycles. The molecular formula is C13H17BrClN5. The van der Waals surface area contributed by atoms with Gasteiger partial charge in [-0.1, -0.05) is 41.4 Å². The maximum Gasteiger partial charge on any atom is 0.173 e. The van der Waals surface area contributed by atoms with Crippen molar-refractivity contribution in [1.82, 2.24) is 25.5 Å². The fourth-order valence-electron chi connectivity index (χ4n) is 1.79. The first kappa shape index (κ1) is 15.4. The predicted molar refractivity (Wildman–Crippen MR) is 83.1 cm³/mol. The number of aromatic nitrogens is 4. The van der Waals surface area contributed by atoms with Crippen molar-refractivity contribution in [2.24, 2.45) is 5.92 Å². The van der Waals surface area contributed by atoms with E-state index in [1.54, 1.807) is 4.68 Å². The van der Waals surface area contributed by atoms with Crippen LogP contribution in [0.4, 0.5) is 0 Å². The van der Waals surface area contributed by atoms with E-state index < -0.39 is 0 Å². The molecule has 1 N–H and O–H groups in total. The SMILES string of the molecule is CC(C)CNC(C)c1nnnn1-c1ccc(Br)cc1Cl. The molecule has 0 amide bonds. The van der Waals surface area contributed by atoms with E-state index in [2.05, 4.69) is 50.6 Å². The molecule has 1 unspecified atom stereocenters. The summed E-state index contributed by atoms with van der Waals surface area (Å²) in [6.45, 7) is 7.27. The van der Waals surface area contributed by atoms with Crippen molar-refractivity contribution in [2.45, 2.75) is 26.8 Å². The Kier molecular flexibility index (Phi) is 5.12. The molecular weight excluding hydrogens is 342 g/mol. The van der Waals surface area contributed by atoms with Crippen molar-refractivity contribution in [3.05, 3.63) is 33.5 Å². The van der Waals surface area contributed by atoms with E-state index in [0.717, 1.165) is 22.5 Å². The van der Waals surface area contributed by atoms with Gasteiger partial charge >= 0.3 is 0 Å². The first-order valence-corrected chi connectivity index (χ1v) is 7.63. The van der Waals surface area contributed by atoms with Crippen molar-refractivity contribution < 1.29 is 0 Å². The number of hydrogen-bond donors (Lipinski definition) is 1.